The van der Waals surface area contributed by atoms with E-state index in [2.05, 4.69) is 55.3 Å². The highest BCUT2D eigenvalue weighted by Gasteiger charge is 2.50. The van der Waals surface area contributed by atoms with Gasteiger partial charge in [-0.3, -0.25) is 0 Å². The Kier molecular flexibility index (Phi) is 18.5. The molecule has 2 aromatic carbocycles. The van der Waals surface area contributed by atoms with Crippen LogP contribution in [0.4, 0.5) is 0 Å². The number of carboxylic acid groups (broad SMARTS) is 2. The van der Waals surface area contributed by atoms with Crippen LogP contribution in [-0.2, 0) is 34.1 Å². The number of carboxylic acids is 2. The van der Waals surface area contributed by atoms with Crippen LogP contribution in [0.25, 0.3) is 0 Å². The van der Waals surface area contributed by atoms with Crippen molar-refractivity contribution in [2.45, 2.75) is 99.2 Å². The van der Waals surface area contributed by atoms with E-state index in [1.54, 1.807) is 0 Å². The standard InChI is InChI=1S/C21H26ClNO.C12H22O11.C4H4O4/c1-21(17-7-4-3-5-8-17,18-10-12-19(22)13-11-18)24-16-14-20-9-6-15-23(20)2;13-1-3-5(15)6(16)9(19)12(22-3)23-10-4(2-14)21-11(20)8(18)7(10)17;5-3(6)1-2-4(7)8/h3-5,7-8,10-13,20H,6,9,14-16H2,1-2H3;3-20H,1-2H2;1-2H,(H,5,6)(H,7,8)/b;;2-1+/t20-,21-;3-,4-,5+,6+,7-,8-,9-,10-,11-,12+;/m11./s1. The van der Waals surface area contributed by atoms with Crippen molar-refractivity contribution in [1.29, 1.82) is 0 Å². The van der Waals surface area contributed by atoms with E-state index in [-0.39, 0.29) is 0 Å². The van der Waals surface area contributed by atoms with Crippen molar-refractivity contribution in [3.05, 3.63) is 82.9 Å². The van der Waals surface area contributed by atoms with Crippen LogP contribution in [0.15, 0.2) is 66.7 Å². The number of hydrogen-bond donors (Lipinski definition) is 10. The van der Waals surface area contributed by atoms with E-state index in [1.807, 2.05) is 18.2 Å². The summed E-state index contributed by atoms with van der Waals surface area (Å²) >= 11 is 6.07. The zero-order valence-electron chi connectivity index (χ0n) is 30.4. The smallest absolute Gasteiger partial charge is 0.328 e. The minimum Gasteiger partial charge on any atom is -0.478 e. The topological polar surface area (TPSA) is 277 Å². The second-order valence-corrected chi connectivity index (χ2v) is 13.8. The molecule has 10 N–H and O–H groups in total. The lowest BCUT2D eigenvalue weighted by atomic mass is 9.88. The predicted molar refractivity (Wildman–Crippen MR) is 194 cm³/mol. The molecule has 3 aliphatic rings. The van der Waals surface area contributed by atoms with Crippen LogP contribution in [0, 0.1) is 0 Å². The number of carbonyl (C=O) groups is 2. The van der Waals surface area contributed by atoms with Crippen LogP contribution in [0.1, 0.15) is 37.3 Å². The van der Waals surface area contributed by atoms with Gasteiger partial charge in [-0.25, -0.2) is 9.59 Å². The Labute approximate surface area is 323 Å². The third-order valence-electron chi connectivity index (χ3n) is 9.58. The molecule has 5 rings (SSSR count). The van der Waals surface area contributed by atoms with Crippen molar-refractivity contribution >= 4 is 23.5 Å². The van der Waals surface area contributed by atoms with Gasteiger partial charge in [0.2, 0.25) is 0 Å². The number of halogens is 1. The van der Waals surface area contributed by atoms with Gasteiger partial charge in [-0.05, 0) is 63.0 Å². The van der Waals surface area contributed by atoms with Gasteiger partial charge in [0.25, 0.3) is 0 Å². The largest absolute Gasteiger partial charge is 0.478 e. The molecule has 308 valence electrons. The van der Waals surface area contributed by atoms with Crippen molar-refractivity contribution < 1.29 is 79.6 Å². The van der Waals surface area contributed by atoms with Gasteiger partial charge < -0.3 is 74.9 Å². The van der Waals surface area contributed by atoms with Crippen LogP contribution in [0.5, 0.6) is 0 Å². The third-order valence-corrected chi connectivity index (χ3v) is 9.83. The molecule has 0 aromatic heterocycles. The second kappa shape index (κ2) is 22.0. The van der Waals surface area contributed by atoms with Gasteiger partial charge in [0, 0.05) is 29.8 Å². The molecule has 3 saturated heterocycles. The number of rotatable bonds is 12. The summed E-state index contributed by atoms with van der Waals surface area (Å²) in [6, 6.07) is 19.1. The molecule has 0 bridgehead atoms. The molecule has 3 heterocycles. The molecule has 12 atom stereocenters. The summed E-state index contributed by atoms with van der Waals surface area (Å²) in [7, 11) is 2.22. The van der Waals surface area contributed by atoms with Gasteiger partial charge in [-0.15, -0.1) is 0 Å². The maximum Gasteiger partial charge on any atom is 0.328 e. The van der Waals surface area contributed by atoms with Crippen molar-refractivity contribution in [2.24, 2.45) is 0 Å². The number of likely N-dealkylation sites (tertiary alicyclic amines) is 1. The van der Waals surface area contributed by atoms with E-state index >= 15 is 0 Å². The maximum absolute atomic E-state index is 9.94. The molecule has 17 nitrogen and oxygen atoms in total. The molecule has 3 aliphatic heterocycles. The summed E-state index contributed by atoms with van der Waals surface area (Å²) < 4.78 is 21.7. The van der Waals surface area contributed by atoms with Crippen molar-refractivity contribution in [3.63, 3.8) is 0 Å². The average Bonchev–Trinajstić information content (AvgIpc) is 3.58. The Hall–Kier alpha value is -3.11. The fourth-order valence-corrected chi connectivity index (χ4v) is 6.44. The number of aliphatic carboxylic acids is 2. The lowest BCUT2D eigenvalue weighted by molar-refractivity contribution is -0.355. The number of nitrogens with zero attached hydrogens (tertiary/aromatic N) is 1. The number of benzene rings is 2. The first kappa shape index (κ1) is 46.3. The molecule has 0 unspecified atom stereocenters. The van der Waals surface area contributed by atoms with Gasteiger partial charge in [-0.1, -0.05) is 54.1 Å². The molecular formula is C37H52ClNO16. The van der Waals surface area contributed by atoms with Crippen LogP contribution in [0.3, 0.4) is 0 Å². The van der Waals surface area contributed by atoms with E-state index in [9.17, 15) is 45.3 Å². The number of hydrogen-bond acceptors (Lipinski definition) is 15. The Morgan fingerprint density at radius 3 is 1.93 bits per heavy atom. The monoisotopic (exact) mass is 801 g/mol. The van der Waals surface area contributed by atoms with E-state index < -0.39 is 92.2 Å². The summed E-state index contributed by atoms with van der Waals surface area (Å²) in [6.45, 7) is 2.77. The normalized spacial score (nSPS) is 32.1. The van der Waals surface area contributed by atoms with Crippen LogP contribution >= 0.6 is 11.6 Å². The van der Waals surface area contributed by atoms with E-state index in [0.717, 1.165) is 23.6 Å². The molecule has 0 aliphatic carbocycles. The Bertz CT molecular complexity index is 1470. The highest BCUT2D eigenvalue weighted by molar-refractivity contribution is 6.30. The molecule has 0 saturated carbocycles. The summed E-state index contributed by atoms with van der Waals surface area (Å²) in [6.07, 6.45) is -10.8. The Morgan fingerprint density at radius 1 is 0.818 bits per heavy atom. The zero-order chi connectivity index (χ0) is 40.9. The van der Waals surface area contributed by atoms with Gasteiger partial charge in [0.05, 0.1) is 13.2 Å². The van der Waals surface area contributed by atoms with Gasteiger partial charge >= 0.3 is 11.9 Å². The van der Waals surface area contributed by atoms with Crippen molar-refractivity contribution in [3.8, 4) is 0 Å². The zero-order valence-corrected chi connectivity index (χ0v) is 31.2. The molecule has 0 radical (unpaired) electrons. The Morgan fingerprint density at radius 2 is 1.40 bits per heavy atom. The minimum atomic E-state index is -1.74. The van der Waals surface area contributed by atoms with Crippen molar-refractivity contribution in [2.75, 3.05) is 33.4 Å². The summed E-state index contributed by atoms with van der Waals surface area (Å²) in [5.74, 6) is -2.51. The highest BCUT2D eigenvalue weighted by atomic mass is 35.5. The average molecular weight is 802 g/mol. The fraction of sp³-hybridized carbons (Fsp3) is 0.568. The van der Waals surface area contributed by atoms with Gasteiger partial charge in [0.15, 0.2) is 12.6 Å². The van der Waals surface area contributed by atoms with Crippen LogP contribution in [0.2, 0.25) is 5.02 Å². The summed E-state index contributed by atoms with van der Waals surface area (Å²) in [5, 5.41) is 92.9. The van der Waals surface area contributed by atoms with Gasteiger partial charge in [-0.2, -0.15) is 0 Å². The number of aliphatic hydroxyl groups excluding tert-OH is 8. The summed E-state index contributed by atoms with van der Waals surface area (Å²) in [4.78, 5) is 21.6. The van der Waals surface area contributed by atoms with Crippen LogP contribution in [-0.4, -0.2) is 169 Å². The first-order chi connectivity index (χ1) is 26.0. The first-order valence-electron chi connectivity index (χ1n) is 17.6. The second-order valence-electron chi connectivity index (χ2n) is 13.4. The quantitative estimate of drug-likeness (QED) is 0.120. The fourth-order valence-electron chi connectivity index (χ4n) is 6.31. The van der Waals surface area contributed by atoms with Crippen LogP contribution < -0.4 is 0 Å². The number of aliphatic hydroxyl groups is 8. The molecule has 3 fully saturated rings. The minimum absolute atomic E-state index is 0.455. The molecule has 0 spiro atoms. The molecule has 55 heavy (non-hydrogen) atoms. The highest BCUT2D eigenvalue weighted by Crippen LogP contribution is 2.35. The third kappa shape index (κ3) is 13.0. The predicted octanol–water partition coefficient (Wildman–Crippen LogP) is -0.581. The molecule has 0 amide bonds. The molecule has 2 aromatic rings. The van der Waals surface area contributed by atoms with Gasteiger partial charge in [0.1, 0.15) is 54.4 Å². The van der Waals surface area contributed by atoms with E-state index in [4.69, 9.17) is 45.9 Å². The van der Waals surface area contributed by atoms with E-state index in [0.29, 0.717) is 18.2 Å². The Balaban J connectivity index is 0.000000248. The summed E-state index contributed by atoms with van der Waals surface area (Å²) in [5.41, 5.74) is 1.85. The van der Waals surface area contributed by atoms with E-state index in [1.165, 1.54) is 24.9 Å². The lowest BCUT2D eigenvalue weighted by Crippen LogP contribution is -2.64. The first-order valence-corrected chi connectivity index (χ1v) is 18.0. The van der Waals surface area contributed by atoms with Crippen molar-refractivity contribution in [1.82, 2.24) is 4.90 Å². The number of ether oxygens (including phenoxy) is 4. The SMILES string of the molecule is CN1CCC[C@@H]1CCO[C@](C)(c1ccccc1)c1ccc(Cl)cc1.O=C(O)/C=C/C(=O)O.OC[C@H]1O[C@@H](O[C@H]2[C@H](O)[C@@H](O)[C@H](O)O[C@@H]2CO)[C@H](O)[C@@H](O)[C@H]1O. The lowest BCUT2D eigenvalue weighted by Gasteiger charge is -2.45. The molecular weight excluding hydrogens is 750 g/mol. The maximum atomic E-state index is 9.94. The molecule has 18 heteroatoms.